The summed E-state index contributed by atoms with van der Waals surface area (Å²) in [6.07, 6.45) is 5.38. The van der Waals surface area contributed by atoms with Crippen LogP contribution in [0.3, 0.4) is 0 Å². The van der Waals surface area contributed by atoms with Gasteiger partial charge in [0.1, 0.15) is 11.9 Å². The lowest BCUT2D eigenvalue weighted by Gasteiger charge is -2.32. The van der Waals surface area contributed by atoms with E-state index < -0.39 is 0 Å². The molecule has 0 aliphatic carbocycles. The van der Waals surface area contributed by atoms with Gasteiger partial charge in [0.2, 0.25) is 0 Å². The van der Waals surface area contributed by atoms with Crippen LogP contribution in [0.25, 0.3) is 0 Å². The van der Waals surface area contributed by atoms with E-state index in [0.717, 1.165) is 37.1 Å². The molecule has 1 atom stereocenters. The zero-order valence-corrected chi connectivity index (χ0v) is 16.0. The standard InChI is InChI=1S/C19H23ClN4O3/c1-26-16-6-4-14(5-7-16)8-9-21-19(25)24-10-2-3-17(13-24)27-18-22-11-15(20)12-23-18/h4-7,11-12,17H,2-3,8-10,13H2,1H3,(H,21,25)/t17-/m1/s1. The number of hydrogen-bond acceptors (Lipinski definition) is 5. The Morgan fingerprint density at radius 2 is 2.04 bits per heavy atom. The average molecular weight is 391 g/mol. The number of carbonyl (C=O) groups excluding carboxylic acids is 1. The van der Waals surface area contributed by atoms with Crippen LogP contribution in [0, 0.1) is 0 Å². The Bertz CT molecular complexity index is 740. The van der Waals surface area contributed by atoms with Gasteiger partial charge in [-0.3, -0.25) is 0 Å². The van der Waals surface area contributed by atoms with Gasteiger partial charge in [-0.05, 0) is 37.0 Å². The van der Waals surface area contributed by atoms with Crippen LogP contribution in [0.1, 0.15) is 18.4 Å². The lowest BCUT2D eigenvalue weighted by Crippen LogP contribution is -2.49. The fraction of sp³-hybridized carbons (Fsp3) is 0.421. The maximum absolute atomic E-state index is 12.4. The van der Waals surface area contributed by atoms with Crippen molar-refractivity contribution in [3.63, 3.8) is 0 Å². The first-order valence-electron chi connectivity index (χ1n) is 8.94. The first-order chi connectivity index (χ1) is 13.1. The summed E-state index contributed by atoms with van der Waals surface area (Å²) in [7, 11) is 1.64. The highest BCUT2D eigenvalue weighted by Crippen LogP contribution is 2.16. The summed E-state index contributed by atoms with van der Waals surface area (Å²) >= 11 is 5.78. The molecule has 1 aliphatic heterocycles. The first-order valence-corrected chi connectivity index (χ1v) is 9.32. The van der Waals surface area contributed by atoms with E-state index >= 15 is 0 Å². The molecule has 27 heavy (non-hydrogen) atoms. The largest absolute Gasteiger partial charge is 0.497 e. The highest BCUT2D eigenvalue weighted by Gasteiger charge is 2.25. The predicted octanol–water partition coefficient (Wildman–Crippen LogP) is 2.93. The van der Waals surface area contributed by atoms with Crippen LogP contribution in [0.5, 0.6) is 11.8 Å². The zero-order chi connectivity index (χ0) is 19.1. The van der Waals surface area contributed by atoms with Crippen molar-refractivity contribution in [1.82, 2.24) is 20.2 Å². The molecule has 0 radical (unpaired) electrons. The fourth-order valence-corrected chi connectivity index (χ4v) is 3.04. The quantitative estimate of drug-likeness (QED) is 0.820. The van der Waals surface area contributed by atoms with Gasteiger partial charge in [-0.2, -0.15) is 0 Å². The minimum atomic E-state index is -0.118. The number of methoxy groups -OCH3 is 1. The highest BCUT2D eigenvalue weighted by molar-refractivity contribution is 6.30. The van der Waals surface area contributed by atoms with E-state index in [4.69, 9.17) is 21.1 Å². The van der Waals surface area contributed by atoms with Crippen molar-refractivity contribution in [2.75, 3.05) is 26.7 Å². The molecule has 1 N–H and O–H groups in total. The Balaban J connectivity index is 1.44. The van der Waals surface area contributed by atoms with Gasteiger partial charge in [-0.25, -0.2) is 14.8 Å². The predicted molar refractivity (Wildman–Crippen MR) is 102 cm³/mol. The third-order valence-electron chi connectivity index (χ3n) is 4.38. The molecule has 8 heteroatoms. The van der Waals surface area contributed by atoms with Gasteiger partial charge in [0.25, 0.3) is 0 Å². The van der Waals surface area contributed by atoms with Gasteiger partial charge in [0, 0.05) is 13.1 Å². The summed E-state index contributed by atoms with van der Waals surface area (Å²) in [5, 5.41) is 3.43. The third-order valence-corrected chi connectivity index (χ3v) is 4.58. The Morgan fingerprint density at radius 3 is 2.74 bits per heavy atom. The number of aromatic nitrogens is 2. The van der Waals surface area contributed by atoms with Crippen LogP contribution in [0.4, 0.5) is 4.79 Å². The second-order valence-corrected chi connectivity index (χ2v) is 6.78. The van der Waals surface area contributed by atoms with Crippen molar-refractivity contribution in [1.29, 1.82) is 0 Å². The lowest BCUT2D eigenvalue weighted by molar-refractivity contribution is 0.0940. The van der Waals surface area contributed by atoms with E-state index in [0.29, 0.717) is 18.1 Å². The maximum Gasteiger partial charge on any atom is 0.317 e. The second kappa shape index (κ2) is 9.41. The number of amides is 2. The molecule has 2 aromatic rings. The Labute approximate surface area is 163 Å². The number of nitrogens with one attached hydrogen (secondary N) is 1. The van der Waals surface area contributed by atoms with Crippen molar-refractivity contribution in [3.8, 4) is 11.8 Å². The summed E-state index contributed by atoms with van der Waals surface area (Å²) in [4.78, 5) is 22.3. The Hall–Kier alpha value is -2.54. The number of carbonyl (C=O) groups is 1. The third kappa shape index (κ3) is 5.72. The molecule has 1 aromatic carbocycles. The summed E-state index contributed by atoms with van der Waals surface area (Å²) in [6.45, 7) is 1.81. The van der Waals surface area contributed by atoms with Crippen LogP contribution < -0.4 is 14.8 Å². The molecular weight excluding hydrogens is 368 g/mol. The van der Waals surface area contributed by atoms with E-state index in [1.165, 1.54) is 12.4 Å². The van der Waals surface area contributed by atoms with Crippen molar-refractivity contribution in [2.45, 2.75) is 25.4 Å². The molecule has 2 heterocycles. The van der Waals surface area contributed by atoms with Crippen molar-refractivity contribution >= 4 is 17.6 Å². The number of piperidine rings is 1. The van der Waals surface area contributed by atoms with E-state index in [1.54, 1.807) is 12.0 Å². The molecular formula is C19H23ClN4O3. The van der Waals surface area contributed by atoms with Crippen LogP contribution >= 0.6 is 11.6 Å². The molecule has 1 saturated heterocycles. The van der Waals surface area contributed by atoms with Crippen LogP contribution in [0.2, 0.25) is 5.02 Å². The van der Waals surface area contributed by atoms with Gasteiger partial charge in [-0.1, -0.05) is 23.7 Å². The highest BCUT2D eigenvalue weighted by atomic mass is 35.5. The second-order valence-electron chi connectivity index (χ2n) is 6.34. The van der Waals surface area contributed by atoms with E-state index in [2.05, 4.69) is 15.3 Å². The number of nitrogens with zero attached hydrogens (tertiary/aromatic N) is 3. The number of halogens is 1. The molecule has 0 unspecified atom stereocenters. The topological polar surface area (TPSA) is 76.6 Å². The monoisotopic (exact) mass is 390 g/mol. The molecule has 144 valence electrons. The molecule has 0 saturated carbocycles. The molecule has 1 aromatic heterocycles. The smallest absolute Gasteiger partial charge is 0.317 e. The summed E-state index contributed by atoms with van der Waals surface area (Å²) in [5.41, 5.74) is 1.15. The molecule has 0 bridgehead atoms. The van der Waals surface area contributed by atoms with Crippen LogP contribution in [0.15, 0.2) is 36.7 Å². The molecule has 3 rings (SSSR count). The van der Waals surface area contributed by atoms with Crippen molar-refractivity contribution < 1.29 is 14.3 Å². The van der Waals surface area contributed by atoms with Gasteiger partial charge < -0.3 is 19.7 Å². The van der Waals surface area contributed by atoms with Gasteiger partial charge >= 0.3 is 12.0 Å². The number of likely N-dealkylation sites (tertiary alicyclic amines) is 1. The van der Waals surface area contributed by atoms with Crippen LogP contribution in [-0.2, 0) is 6.42 Å². The van der Waals surface area contributed by atoms with Crippen molar-refractivity contribution in [2.24, 2.45) is 0 Å². The Morgan fingerprint density at radius 1 is 1.30 bits per heavy atom. The van der Waals surface area contributed by atoms with Gasteiger partial charge in [0.05, 0.1) is 31.1 Å². The molecule has 0 spiro atoms. The number of ether oxygens (including phenoxy) is 2. The number of rotatable bonds is 6. The van der Waals surface area contributed by atoms with E-state index in [1.807, 2.05) is 24.3 Å². The molecule has 7 nitrogen and oxygen atoms in total. The van der Waals surface area contributed by atoms with Crippen LogP contribution in [-0.4, -0.2) is 53.7 Å². The number of urea groups is 1. The molecule has 1 fully saturated rings. The summed E-state index contributed by atoms with van der Waals surface area (Å²) in [5.74, 6) is 0.826. The fourth-order valence-electron chi connectivity index (χ4n) is 2.95. The summed E-state index contributed by atoms with van der Waals surface area (Å²) in [6, 6.07) is 8.05. The minimum absolute atomic E-state index is 0.0752. The van der Waals surface area contributed by atoms with Crippen molar-refractivity contribution in [3.05, 3.63) is 47.2 Å². The zero-order valence-electron chi connectivity index (χ0n) is 15.2. The SMILES string of the molecule is COc1ccc(CCNC(=O)N2CCC[C@@H](Oc3ncc(Cl)cn3)C2)cc1. The van der Waals surface area contributed by atoms with Gasteiger partial charge in [-0.15, -0.1) is 0 Å². The number of benzene rings is 1. The minimum Gasteiger partial charge on any atom is -0.497 e. The first kappa shape index (κ1) is 19.2. The van der Waals surface area contributed by atoms with Gasteiger partial charge in [0.15, 0.2) is 0 Å². The maximum atomic E-state index is 12.4. The normalized spacial score (nSPS) is 16.7. The lowest BCUT2D eigenvalue weighted by atomic mass is 10.1. The van der Waals surface area contributed by atoms with E-state index in [-0.39, 0.29) is 18.1 Å². The molecule has 2 amide bonds. The number of hydrogen-bond donors (Lipinski definition) is 1. The Kier molecular flexibility index (Phi) is 6.70. The summed E-state index contributed by atoms with van der Waals surface area (Å²) < 4.78 is 10.9. The average Bonchev–Trinajstić information content (AvgIpc) is 2.70. The molecule has 1 aliphatic rings. The van der Waals surface area contributed by atoms with E-state index in [9.17, 15) is 4.79 Å².